The predicted molar refractivity (Wildman–Crippen MR) is 107 cm³/mol. The van der Waals surface area contributed by atoms with E-state index in [1.54, 1.807) is 0 Å². The van der Waals surface area contributed by atoms with Crippen molar-refractivity contribution in [3.63, 3.8) is 0 Å². The first-order chi connectivity index (χ1) is 13.2. The van der Waals surface area contributed by atoms with E-state index >= 15 is 0 Å². The lowest BCUT2D eigenvalue weighted by molar-refractivity contribution is -0.148. The smallest absolute Gasteiger partial charge is 0.308 e. The maximum absolute atomic E-state index is 11.9. The van der Waals surface area contributed by atoms with E-state index in [-0.39, 0.29) is 12.0 Å². The summed E-state index contributed by atoms with van der Waals surface area (Å²) in [4.78, 5) is 14.4. The second-order valence-corrected chi connectivity index (χ2v) is 7.79. The van der Waals surface area contributed by atoms with Crippen LogP contribution in [0.15, 0.2) is 72.3 Å². The van der Waals surface area contributed by atoms with Crippen molar-refractivity contribution in [1.29, 1.82) is 0 Å². The number of rotatable bonds is 6. The highest BCUT2D eigenvalue weighted by atomic mass is 16.4. The lowest BCUT2D eigenvalue weighted by atomic mass is 9.67. The van der Waals surface area contributed by atoms with Crippen LogP contribution < -0.4 is 0 Å². The van der Waals surface area contributed by atoms with Crippen LogP contribution in [0.5, 0.6) is 0 Å². The highest BCUT2D eigenvalue weighted by Crippen LogP contribution is 2.45. The normalized spacial score (nSPS) is 27.4. The Morgan fingerprint density at radius 2 is 1.67 bits per heavy atom. The monoisotopic (exact) mass is 361 g/mol. The number of hydrogen-bond donors (Lipinski definition) is 1. The summed E-state index contributed by atoms with van der Waals surface area (Å²) in [7, 11) is 0. The van der Waals surface area contributed by atoms with Crippen LogP contribution in [0.25, 0.3) is 0 Å². The molecular weight excluding hydrogens is 334 g/mol. The van der Waals surface area contributed by atoms with Gasteiger partial charge in [0, 0.05) is 18.6 Å². The zero-order valence-electron chi connectivity index (χ0n) is 15.8. The first-order valence-electron chi connectivity index (χ1n) is 9.94. The van der Waals surface area contributed by atoms with Crippen molar-refractivity contribution in [2.45, 2.75) is 44.8 Å². The van der Waals surface area contributed by atoms with Gasteiger partial charge in [-0.2, -0.15) is 0 Å². The highest BCUT2D eigenvalue weighted by molar-refractivity contribution is 5.72. The van der Waals surface area contributed by atoms with Gasteiger partial charge >= 0.3 is 5.97 Å². The number of fused-ring (bicyclic) bond motifs is 2. The van der Waals surface area contributed by atoms with E-state index in [1.807, 2.05) is 6.07 Å². The molecule has 27 heavy (non-hydrogen) atoms. The van der Waals surface area contributed by atoms with Crippen molar-refractivity contribution in [2.75, 3.05) is 0 Å². The molecule has 2 bridgehead atoms. The lowest BCUT2D eigenvalue weighted by Crippen LogP contribution is -2.59. The topological polar surface area (TPSA) is 40.5 Å². The fourth-order valence-corrected chi connectivity index (χ4v) is 4.97. The van der Waals surface area contributed by atoms with Crippen molar-refractivity contribution < 1.29 is 9.90 Å². The van der Waals surface area contributed by atoms with Crippen molar-refractivity contribution >= 4 is 5.97 Å². The SMILES string of the molecule is CCC1=CC2C(C(=O)O)CC1C(Cc1ccccc1)N2Cc1ccccc1. The molecule has 3 nitrogen and oxygen atoms in total. The van der Waals surface area contributed by atoms with Crippen LogP contribution in [-0.4, -0.2) is 28.1 Å². The van der Waals surface area contributed by atoms with Crippen LogP contribution in [0.3, 0.4) is 0 Å². The van der Waals surface area contributed by atoms with Gasteiger partial charge in [0.25, 0.3) is 0 Å². The average molecular weight is 361 g/mol. The van der Waals surface area contributed by atoms with Crippen LogP contribution in [0.4, 0.5) is 0 Å². The van der Waals surface area contributed by atoms with Gasteiger partial charge in [-0.05, 0) is 36.3 Å². The number of hydrogen-bond acceptors (Lipinski definition) is 2. The van der Waals surface area contributed by atoms with Crippen LogP contribution in [-0.2, 0) is 17.8 Å². The second kappa shape index (κ2) is 7.69. The minimum Gasteiger partial charge on any atom is -0.481 e. The van der Waals surface area contributed by atoms with Crippen molar-refractivity contribution in [1.82, 2.24) is 4.90 Å². The molecular formula is C24H27NO2. The summed E-state index contributed by atoms with van der Waals surface area (Å²) in [6.07, 6.45) is 5.01. The van der Waals surface area contributed by atoms with E-state index in [9.17, 15) is 9.90 Å². The van der Waals surface area contributed by atoms with Crippen LogP contribution in [0.1, 0.15) is 30.9 Å². The fraction of sp³-hybridized carbons (Fsp3) is 0.375. The Morgan fingerprint density at radius 3 is 2.26 bits per heavy atom. The molecule has 2 heterocycles. The lowest BCUT2D eigenvalue weighted by Gasteiger charge is -2.53. The number of carboxylic acid groups (broad SMARTS) is 1. The van der Waals surface area contributed by atoms with E-state index in [1.165, 1.54) is 16.7 Å². The molecule has 4 atom stereocenters. The number of carboxylic acids is 1. The standard InChI is InChI=1S/C24H27NO2/c1-2-19-14-23-21(24(26)27)15-20(19)22(13-17-9-5-3-6-10-17)25(23)16-18-11-7-4-8-12-18/h3-12,14,20-23H,2,13,15-16H2,1H3,(H,26,27). The minimum atomic E-state index is -0.660. The predicted octanol–water partition coefficient (Wildman–Crippen LogP) is 4.54. The largest absolute Gasteiger partial charge is 0.481 e. The van der Waals surface area contributed by atoms with Crippen LogP contribution >= 0.6 is 0 Å². The third kappa shape index (κ3) is 3.57. The minimum absolute atomic E-state index is 0.0173. The van der Waals surface area contributed by atoms with E-state index in [4.69, 9.17) is 0 Å². The number of aliphatic carboxylic acids is 1. The molecule has 0 spiro atoms. The Morgan fingerprint density at radius 1 is 1.04 bits per heavy atom. The molecule has 3 heteroatoms. The van der Waals surface area contributed by atoms with Crippen molar-refractivity contribution in [3.05, 3.63) is 83.4 Å². The number of benzene rings is 2. The van der Waals surface area contributed by atoms with Gasteiger partial charge in [-0.15, -0.1) is 0 Å². The Balaban J connectivity index is 1.70. The molecule has 4 unspecified atom stereocenters. The summed E-state index contributed by atoms with van der Waals surface area (Å²) in [5, 5.41) is 9.82. The molecule has 140 valence electrons. The maximum Gasteiger partial charge on any atom is 0.308 e. The molecule has 2 aliphatic heterocycles. The molecule has 1 fully saturated rings. The molecule has 1 aliphatic carbocycles. The first kappa shape index (κ1) is 18.0. The van der Waals surface area contributed by atoms with Gasteiger partial charge in [-0.3, -0.25) is 9.69 Å². The molecule has 0 radical (unpaired) electrons. The van der Waals surface area contributed by atoms with Crippen LogP contribution in [0, 0.1) is 11.8 Å². The van der Waals surface area contributed by atoms with E-state index in [2.05, 4.69) is 72.5 Å². The maximum atomic E-state index is 11.9. The third-order valence-corrected chi connectivity index (χ3v) is 6.28. The summed E-state index contributed by atoms with van der Waals surface area (Å²) in [5.74, 6) is -0.640. The van der Waals surface area contributed by atoms with Gasteiger partial charge in [0.2, 0.25) is 0 Å². The number of nitrogens with zero attached hydrogens (tertiary/aromatic N) is 1. The molecule has 1 N–H and O–H groups in total. The molecule has 3 aliphatic rings. The quantitative estimate of drug-likeness (QED) is 0.768. The summed E-state index contributed by atoms with van der Waals surface area (Å²) in [6.45, 7) is 3.00. The summed E-state index contributed by atoms with van der Waals surface area (Å²) in [5.41, 5.74) is 4.02. The Kier molecular flexibility index (Phi) is 5.13. The van der Waals surface area contributed by atoms with Crippen molar-refractivity contribution in [3.8, 4) is 0 Å². The van der Waals surface area contributed by atoms with Gasteiger partial charge in [0.1, 0.15) is 0 Å². The molecule has 2 aromatic rings. The van der Waals surface area contributed by atoms with E-state index < -0.39 is 5.97 Å². The molecule has 0 saturated carbocycles. The number of piperidine rings is 1. The van der Waals surface area contributed by atoms with Gasteiger partial charge in [0.05, 0.1) is 5.92 Å². The second-order valence-electron chi connectivity index (χ2n) is 7.79. The zero-order valence-corrected chi connectivity index (χ0v) is 15.8. The molecule has 0 aromatic heterocycles. The molecule has 1 saturated heterocycles. The Labute approximate surface area is 161 Å². The number of carbonyl (C=O) groups is 1. The van der Waals surface area contributed by atoms with Gasteiger partial charge < -0.3 is 5.11 Å². The third-order valence-electron chi connectivity index (χ3n) is 6.28. The fourth-order valence-electron chi connectivity index (χ4n) is 4.97. The van der Waals surface area contributed by atoms with Crippen molar-refractivity contribution in [2.24, 2.45) is 11.8 Å². The van der Waals surface area contributed by atoms with Crippen LogP contribution in [0.2, 0.25) is 0 Å². The Hall–Kier alpha value is -2.39. The van der Waals surface area contributed by atoms with Gasteiger partial charge in [-0.1, -0.05) is 79.2 Å². The average Bonchev–Trinajstić information content (AvgIpc) is 2.71. The zero-order chi connectivity index (χ0) is 18.8. The summed E-state index contributed by atoms with van der Waals surface area (Å²) >= 11 is 0. The highest BCUT2D eigenvalue weighted by Gasteiger charge is 2.49. The van der Waals surface area contributed by atoms with E-state index in [0.29, 0.717) is 12.0 Å². The Bertz CT molecular complexity index is 815. The molecule has 0 amide bonds. The molecule has 2 aromatic carbocycles. The van der Waals surface area contributed by atoms with Gasteiger partial charge in [-0.25, -0.2) is 0 Å². The van der Waals surface area contributed by atoms with Gasteiger partial charge in [0.15, 0.2) is 0 Å². The first-order valence-corrected chi connectivity index (χ1v) is 9.94. The molecule has 5 rings (SSSR count). The summed E-state index contributed by atoms with van der Waals surface area (Å²) < 4.78 is 0. The van der Waals surface area contributed by atoms with E-state index in [0.717, 1.165) is 25.8 Å². The summed E-state index contributed by atoms with van der Waals surface area (Å²) in [6, 6.07) is 21.4.